The average molecular weight is 468 g/mol. The van der Waals surface area contributed by atoms with E-state index in [9.17, 15) is 27.5 Å². The Kier molecular flexibility index (Phi) is 5.76. The Morgan fingerprint density at radius 1 is 1.19 bits per heavy atom. The lowest BCUT2D eigenvalue weighted by atomic mass is 9.96. The van der Waals surface area contributed by atoms with Gasteiger partial charge in [-0.1, -0.05) is 6.07 Å². The second-order valence-electron chi connectivity index (χ2n) is 7.15. The molecule has 3 aromatic rings. The zero-order valence-corrected chi connectivity index (χ0v) is 17.1. The van der Waals surface area contributed by atoms with Gasteiger partial charge in [0.25, 0.3) is 0 Å². The van der Waals surface area contributed by atoms with Gasteiger partial charge in [-0.15, -0.1) is 24.9 Å². The number of hydrogen-bond donors (Lipinski definition) is 2. The highest BCUT2D eigenvalue weighted by Gasteiger charge is 2.43. The fourth-order valence-corrected chi connectivity index (χ4v) is 4.41. The number of nitrogens with zero attached hydrogens (tertiary/aromatic N) is 1. The molecule has 1 atom stereocenters. The van der Waals surface area contributed by atoms with Gasteiger partial charge in [-0.25, -0.2) is 9.18 Å². The second-order valence-corrected chi connectivity index (χ2v) is 8.19. The minimum atomic E-state index is -4.82. The molecule has 1 unspecified atom stereocenters. The fourth-order valence-electron chi connectivity index (χ4n) is 3.33. The van der Waals surface area contributed by atoms with Crippen molar-refractivity contribution in [3.8, 4) is 11.5 Å². The smallest absolute Gasteiger partial charge is 0.487 e. The molecule has 0 aliphatic carbocycles. The lowest BCUT2D eigenvalue weighted by Crippen LogP contribution is -2.39. The molecule has 1 aliphatic heterocycles. The van der Waals surface area contributed by atoms with Crippen molar-refractivity contribution in [3.05, 3.63) is 60.0 Å². The highest BCUT2D eigenvalue weighted by atomic mass is 32.2. The van der Waals surface area contributed by atoms with Crippen LogP contribution in [0.1, 0.15) is 5.69 Å². The number of aliphatic carboxylic acids is 1. The number of nitrogens with one attached hydrogen (secondary N) is 1. The van der Waals surface area contributed by atoms with Gasteiger partial charge in [0.2, 0.25) is 0 Å². The molecule has 2 aromatic carbocycles. The number of rotatable bonds is 7. The van der Waals surface area contributed by atoms with Gasteiger partial charge < -0.3 is 19.6 Å². The Morgan fingerprint density at radius 2 is 1.97 bits per heavy atom. The third kappa shape index (κ3) is 4.98. The Balaban J connectivity index is 1.47. The van der Waals surface area contributed by atoms with Gasteiger partial charge in [0, 0.05) is 29.5 Å². The van der Waals surface area contributed by atoms with Crippen LogP contribution in [0.4, 0.5) is 17.6 Å². The fraction of sp³-hybridized carbons (Fsp3) is 0.238. The molecule has 2 N–H and O–H groups in total. The van der Waals surface area contributed by atoms with Gasteiger partial charge in [-0.2, -0.15) is 0 Å². The number of H-pyrrole nitrogens is 1. The molecule has 0 radical (unpaired) electrons. The summed E-state index contributed by atoms with van der Waals surface area (Å²) in [6, 6.07) is 11.0. The molecule has 168 valence electrons. The number of carbonyl (C=O) groups is 1. The van der Waals surface area contributed by atoms with E-state index >= 15 is 0 Å². The minimum Gasteiger partial charge on any atom is -0.487 e. The van der Waals surface area contributed by atoms with Crippen LogP contribution in [-0.4, -0.2) is 45.4 Å². The average Bonchev–Trinajstić information content (AvgIpc) is 3.29. The molecular formula is C21H16F4N2O4S. The van der Waals surface area contributed by atoms with Crippen molar-refractivity contribution in [1.82, 2.24) is 4.98 Å². The molecule has 0 fully saturated rings. The van der Waals surface area contributed by atoms with Crippen molar-refractivity contribution in [2.24, 2.45) is 4.99 Å². The molecule has 1 aliphatic rings. The summed E-state index contributed by atoms with van der Waals surface area (Å²) in [7, 11) is 0. The zero-order chi connectivity index (χ0) is 22.9. The number of ether oxygens (including phenoxy) is 2. The maximum absolute atomic E-state index is 13.4. The van der Waals surface area contributed by atoms with Crippen LogP contribution in [-0.2, 0) is 11.2 Å². The van der Waals surface area contributed by atoms with E-state index < -0.39 is 29.4 Å². The van der Waals surface area contributed by atoms with E-state index in [2.05, 4.69) is 14.7 Å². The molecule has 32 heavy (non-hydrogen) atoms. The number of carboxylic acid groups (broad SMARTS) is 1. The summed E-state index contributed by atoms with van der Waals surface area (Å²) < 4.78 is 59.9. The van der Waals surface area contributed by atoms with Crippen molar-refractivity contribution in [2.75, 3.05) is 12.4 Å². The summed E-state index contributed by atoms with van der Waals surface area (Å²) in [5.74, 6) is -1.67. The number of thioether (sulfide) groups is 1. The predicted octanol–water partition coefficient (Wildman–Crippen LogP) is 4.80. The summed E-state index contributed by atoms with van der Waals surface area (Å²) in [6.07, 6.45) is -4.76. The number of aromatic nitrogens is 1. The summed E-state index contributed by atoms with van der Waals surface area (Å²) in [5.41, 5.74) is -0.291. The SMILES string of the molecule is O=C(O)C1(Cc2cc3ccc(F)cc3[nH]2)CSC(COc2cccc(OC(F)(F)F)c2)=N1. The van der Waals surface area contributed by atoms with Crippen LogP contribution in [0.2, 0.25) is 0 Å². The zero-order valence-electron chi connectivity index (χ0n) is 16.3. The second kappa shape index (κ2) is 8.38. The third-order valence-corrected chi connectivity index (χ3v) is 5.90. The standard InChI is InChI=1S/C21H16F4N2O4S/c22-13-5-4-12-6-14(26-17(12)7-13)9-20(19(28)29)11-32-18(27-20)10-30-15-2-1-3-16(8-15)31-21(23,24)25/h1-8,26H,9-11H2,(H,28,29). The Morgan fingerprint density at radius 3 is 2.72 bits per heavy atom. The molecule has 11 heteroatoms. The van der Waals surface area contributed by atoms with Crippen LogP contribution in [0, 0.1) is 5.82 Å². The van der Waals surface area contributed by atoms with Crippen LogP contribution in [0.15, 0.2) is 53.5 Å². The molecule has 0 amide bonds. The van der Waals surface area contributed by atoms with Crippen LogP contribution >= 0.6 is 11.8 Å². The van der Waals surface area contributed by atoms with Crippen LogP contribution in [0.3, 0.4) is 0 Å². The highest BCUT2D eigenvalue weighted by Crippen LogP contribution is 2.33. The normalized spacial score (nSPS) is 18.6. The highest BCUT2D eigenvalue weighted by molar-refractivity contribution is 8.14. The number of hydrogen-bond acceptors (Lipinski definition) is 5. The number of fused-ring (bicyclic) bond motifs is 1. The van der Waals surface area contributed by atoms with E-state index in [-0.39, 0.29) is 24.5 Å². The first kappa shape index (κ1) is 22.0. The molecular weight excluding hydrogens is 452 g/mol. The molecule has 1 aromatic heterocycles. The number of carboxylic acids is 1. The predicted molar refractivity (Wildman–Crippen MR) is 111 cm³/mol. The lowest BCUT2D eigenvalue weighted by molar-refractivity contribution is -0.274. The number of aromatic amines is 1. The molecule has 0 saturated carbocycles. The Bertz CT molecular complexity index is 1190. The molecule has 0 spiro atoms. The third-order valence-electron chi connectivity index (χ3n) is 4.74. The van der Waals surface area contributed by atoms with E-state index in [0.717, 1.165) is 17.5 Å². The van der Waals surface area contributed by atoms with E-state index in [1.807, 2.05) is 0 Å². The monoisotopic (exact) mass is 468 g/mol. The van der Waals surface area contributed by atoms with Crippen LogP contribution in [0.5, 0.6) is 11.5 Å². The Hall–Kier alpha value is -3.21. The van der Waals surface area contributed by atoms with Crippen molar-refractivity contribution in [1.29, 1.82) is 0 Å². The van der Waals surface area contributed by atoms with Gasteiger partial charge in [0.05, 0.1) is 0 Å². The van der Waals surface area contributed by atoms with Gasteiger partial charge in [-0.3, -0.25) is 4.99 Å². The largest absolute Gasteiger partial charge is 0.573 e. The number of halogens is 4. The number of benzene rings is 2. The molecule has 2 heterocycles. The lowest BCUT2D eigenvalue weighted by Gasteiger charge is -2.19. The van der Waals surface area contributed by atoms with Crippen LogP contribution in [0.25, 0.3) is 10.9 Å². The molecule has 6 nitrogen and oxygen atoms in total. The minimum absolute atomic E-state index is 0.0596. The van der Waals surface area contributed by atoms with Gasteiger partial charge in [-0.05, 0) is 41.8 Å². The van der Waals surface area contributed by atoms with E-state index in [1.165, 1.54) is 36.0 Å². The maximum atomic E-state index is 13.4. The quantitative estimate of drug-likeness (QED) is 0.487. The van der Waals surface area contributed by atoms with Crippen molar-refractivity contribution in [3.63, 3.8) is 0 Å². The summed E-state index contributed by atoms with van der Waals surface area (Å²) >= 11 is 1.20. The van der Waals surface area contributed by atoms with E-state index in [4.69, 9.17) is 4.74 Å². The van der Waals surface area contributed by atoms with Crippen molar-refractivity contribution < 1.29 is 36.9 Å². The van der Waals surface area contributed by atoms with Gasteiger partial charge in [0.1, 0.15) is 29.0 Å². The Labute approximate surface area is 183 Å². The summed E-state index contributed by atoms with van der Waals surface area (Å²) in [4.78, 5) is 19.4. The molecule has 0 saturated heterocycles. The topological polar surface area (TPSA) is 83.9 Å². The summed E-state index contributed by atoms with van der Waals surface area (Å²) in [6.45, 7) is -0.104. The number of aliphatic imine (C=N–C) groups is 1. The van der Waals surface area contributed by atoms with Gasteiger partial charge in [0.15, 0.2) is 5.54 Å². The van der Waals surface area contributed by atoms with Gasteiger partial charge >= 0.3 is 12.3 Å². The van der Waals surface area contributed by atoms with E-state index in [0.29, 0.717) is 16.3 Å². The van der Waals surface area contributed by atoms with Crippen molar-refractivity contribution in [2.45, 2.75) is 18.3 Å². The first-order chi connectivity index (χ1) is 15.1. The first-order valence-electron chi connectivity index (χ1n) is 9.33. The van der Waals surface area contributed by atoms with Crippen molar-refractivity contribution >= 4 is 33.7 Å². The molecule has 0 bridgehead atoms. The van der Waals surface area contributed by atoms with E-state index in [1.54, 1.807) is 12.1 Å². The molecule has 4 rings (SSSR count). The van der Waals surface area contributed by atoms with Crippen LogP contribution < -0.4 is 9.47 Å². The number of alkyl halides is 3. The summed E-state index contributed by atoms with van der Waals surface area (Å²) in [5, 5.41) is 11.0. The maximum Gasteiger partial charge on any atom is 0.573 e. The first-order valence-corrected chi connectivity index (χ1v) is 10.3.